The van der Waals surface area contributed by atoms with Crippen LogP contribution in [0.25, 0.3) is 0 Å². The summed E-state index contributed by atoms with van der Waals surface area (Å²) >= 11 is 1.67. The highest BCUT2D eigenvalue weighted by atomic mass is 32.1. The SMILES string of the molecule is Cc1csc(Cc2nc(C)c(CC(C)CN)c(C)n2)n1. The third-order valence-corrected chi connectivity index (χ3v) is 4.36. The molecule has 2 aromatic rings. The Kier molecular flexibility index (Phi) is 4.83. The van der Waals surface area contributed by atoms with Crippen LogP contribution in [0.3, 0.4) is 0 Å². The Morgan fingerprint density at radius 1 is 1.15 bits per heavy atom. The molecule has 4 nitrogen and oxygen atoms in total. The van der Waals surface area contributed by atoms with Crippen LogP contribution < -0.4 is 5.73 Å². The van der Waals surface area contributed by atoms with Gasteiger partial charge >= 0.3 is 0 Å². The van der Waals surface area contributed by atoms with Gasteiger partial charge in [-0.2, -0.15) is 0 Å². The maximum absolute atomic E-state index is 5.71. The van der Waals surface area contributed by atoms with Crippen LogP contribution in [0.1, 0.15) is 40.4 Å². The molecule has 5 heteroatoms. The van der Waals surface area contributed by atoms with Crippen LogP contribution in [0.4, 0.5) is 0 Å². The monoisotopic (exact) mass is 290 g/mol. The average molecular weight is 290 g/mol. The molecule has 0 aliphatic heterocycles. The minimum atomic E-state index is 0.462. The van der Waals surface area contributed by atoms with E-state index in [9.17, 15) is 0 Å². The lowest BCUT2D eigenvalue weighted by Gasteiger charge is -2.14. The van der Waals surface area contributed by atoms with Crippen molar-refractivity contribution in [3.8, 4) is 0 Å². The van der Waals surface area contributed by atoms with Gasteiger partial charge < -0.3 is 5.73 Å². The second kappa shape index (κ2) is 6.41. The third kappa shape index (κ3) is 3.61. The van der Waals surface area contributed by atoms with Gasteiger partial charge in [-0.25, -0.2) is 15.0 Å². The zero-order valence-corrected chi connectivity index (χ0v) is 13.4. The molecule has 0 aromatic carbocycles. The van der Waals surface area contributed by atoms with Gasteiger partial charge in [0.15, 0.2) is 0 Å². The summed E-state index contributed by atoms with van der Waals surface area (Å²) in [6, 6.07) is 0. The minimum Gasteiger partial charge on any atom is -0.330 e. The Morgan fingerprint density at radius 3 is 2.30 bits per heavy atom. The van der Waals surface area contributed by atoms with E-state index in [2.05, 4.69) is 41.1 Å². The van der Waals surface area contributed by atoms with Crippen LogP contribution in [-0.2, 0) is 12.8 Å². The van der Waals surface area contributed by atoms with Crippen molar-refractivity contribution in [2.24, 2.45) is 11.7 Å². The summed E-state index contributed by atoms with van der Waals surface area (Å²) < 4.78 is 0. The summed E-state index contributed by atoms with van der Waals surface area (Å²) in [5, 5.41) is 3.14. The molecule has 108 valence electrons. The van der Waals surface area contributed by atoms with Gasteiger partial charge in [0.25, 0.3) is 0 Å². The van der Waals surface area contributed by atoms with Gasteiger partial charge in [-0.15, -0.1) is 11.3 Å². The Balaban J connectivity index is 2.21. The molecular formula is C15H22N4S. The molecule has 0 aliphatic rings. The molecule has 0 radical (unpaired) electrons. The molecule has 1 unspecified atom stereocenters. The highest BCUT2D eigenvalue weighted by molar-refractivity contribution is 7.09. The molecular weight excluding hydrogens is 268 g/mol. The van der Waals surface area contributed by atoms with Gasteiger partial charge in [0.05, 0.1) is 6.42 Å². The van der Waals surface area contributed by atoms with Crippen LogP contribution in [0.2, 0.25) is 0 Å². The van der Waals surface area contributed by atoms with E-state index in [1.807, 2.05) is 6.92 Å². The van der Waals surface area contributed by atoms with E-state index >= 15 is 0 Å². The number of nitrogens with zero attached hydrogens (tertiary/aromatic N) is 3. The van der Waals surface area contributed by atoms with Crippen molar-refractivity contribution in [3.05, 3.63) is 38.9 Å². The predicted molar refractivity (Wildman–Crippen MR) is 83.1 cm³/mol. The van der Waals surface area contributed by atoms with Crippen molar-refractivity contribution in [2.45, 2.75) is 40.5 Å². The Hall–Kier alpha value is -1.33. The maximum atomic E-state index is 5.71. The predicted octanol–water partition coefficient (Wildman–Crippen LogP) is 2.59. The van der Waals surface area contributed by atoms with Crippen LogP contribution in [-0.4, -0.2) is 21.5 Å². The van der Waals surface area contributed by atoms with Crippen molar-refractivity contribution >= 4 is 11.3 Å². The minimum absolute atomic E-state index is 0.462. The molecule has 20 heavy (non-hydrogen) atoms. The molecule has 2 rings (SSSR count). The summed E-state index contributed by atoms with van der Waals surface area (Å²) in [6.07, 6.45) is 1.66. The second-order valence-corrected chi connectivity index (χ2v) is 6.34. The standard InChI is InChI=1S/C15H22N4S/c1-9(7-16)5-13-11(3)18-14(19-12(13)4)6-15-17-10(2)8-20-15/h8-9H,5-7,16H2,1-4H3. The molecule has 0 fully saturated rings. The van der Waals surface area contributed by atoms with E-state index < -0.39 is 0 Å². The van der Waals surface area contributed by atoms with Gasteiger partial charge in [0, 0.05) is 22.5 Å². The molecule has 0 aliphatic carbocycles. The topological polar surface area (TPSA) is 64.7 Å². The first-order chi connectivity index (χ1) is 9.49. The van der Waals surface area contributed by atoms with Gasteiger partial charge in [-0.1, -0.05) is 6.92 Å². The van der Waals surface area contributed by atoms with E-state index in [-0.39, 0.29) is 0 Å². The lowest BCUT2D eigenvalue weighted by molar-refractivity contribution is 0.584. The van der Waals surface area contributed by atoms with Gasteiger partial charge in [-0.05, 0) is 45.2 Å². The highest BCUT2D eigenvalue weighted by Crippen LogP contribution is 2.17. The summed E-state index contributed by atoms with van der Waals surface area (Å²) in [4.78, 5) is 13.8. The number of aromatic nitrogens is 3. The lowest BCUT2D eigenvalue weighted by Crippen LogP contribution is -2.16. The number of aryl methyl sites for hydroxylation is 3. The maximum Gasteiger partial charge on any atom is 0.135 e. The van der Waals surface area contributed by atoms with Crippen molar-refractivity contribution in [1.82, 2.24) is 15.0 Å². The quantitative estimate of drug-likeness (QED) is 0.919. The summed E-state index contributed by atoms with van der Waals surface area (Å²) in [5.41, 5.74) is 10.1. The van der Waals surface area contributed by atoms with Crippen LogP contribution >= 0.6 is 11.3 Å². The molecule has 0 saturated carbocycles. The molecule has 2 heterocycles. The fourth-order valence-electron chi connectivity index (χ4n) is 2.23. The van der Waals surface area contributed by atoms with Crippen molar-refractivity contribution in [3.63, 3.8) is 0 Å². The number of hydrogen-bond donors (Lipinski definition) is 1. The first-order valence-electron chi connectivity index (χ1n) is 6.93. The summed E-state index contributed by atoms with van der Waals surface area (Å²) in [6.45, 7) is 8.98. The van der Waals surface area contributed by atoms with E-state index in [4.69, 9.17) is 5.73 Å². The molecule has 0 spiro atoms. The second-order valence-electron chi connectivity index (χ2n) is 5.39. The zero-order chi connectivity index (χ0) is 14.7. The summed E-state index contributed by atoms with van der Waals surface area (Å²) in [7, 11) is 0. The largest absolute Gasteiger partial charge is 0.330 e. The Bertz CT molecular complexity index is 568. The molecule has 2 N–H and O–H groups in total. The van der Waals surface area contributed by atoms with Crippen molar-refractivity contribution < 1.29 is 0 Å². The Morgan fingerprint density at radius 2 is 1.80 bits per heavy atom. The Labute approximate surface area is 124 Å². The van der Waals surface area contributed by atoms with Gasteiger partial charge in [-0.3, -0.25) is 0 Å². The third-order valence-electron chi connectivity index (χ3n) is 3.40. The van der Waals surface area contributed by atoms with Crippen LogP contribution in [0.5, 0.6) is 0 Å². The molecule has 0 bridgehead atoms. The van der Waals surface area contributed by atoms with Gasteiger partial charge in [0.2, 0.25) is 0 Å². The normalized spacial score (nSPS) is 12.7. The highest BCUT2D eigenvalue weighted by Gasteiger charge is 2.12. The first kappa shape index (κ1) is 15.1. The van der Waals surface area contributed by atoms with E-state index in [1.54, 1.807) is 11.3 Å². The average Bonchev–Trinajstić information content (AvgIpc) is 2.79. The number of thiazole rings is 1. The van der Waals surface area contributed by atoms with Crippen molar-refractivity contribution in [1.29, 1.82) is 0 Å². The molecule has 0 amide bonds. The smallest absolute Gasteiger partial charge is 0.135 e. The number of rotatable bonds is 5. The fraction of sp³-hybridized carbons (Fsp3) is 0.533. The van der Waals surface area contributed by atoms with E-state index in [1.165, 1.54) is 5.56 Å². The summed E-state index contributed by atoms with van der Waals surface area (Å²) in [5.74, 6) is 1.32. The van der Waals surface area contributed by atoms with E-state index in [0.717, 1.165) is 34.3 Å². The zero-order valence-electron chi connectivity index (χ0n) is 12.6. The fourth-order valence-corrected chi connectivity index (χ4v) is 3.00. The van der Waals surface area contributed by atoms with Crippen LogP contribution in [0, 0.1) is 26.7 Å². The van der Waals surface area contributed by atoms with Crippen molar-refractivity contribution in [2.75, 3.05) is 6.54 Å². The van der Waals surface area contributed by atoms with Crippen LogP contribution in [0.15, 0.2) is 5.38 Å². The molecule has 2 aromatic heterocycles. The molecule has 0 saturated heterocycles. The number of nitrogens with two attached hydrogens (primary N) is 1. The van der Waals surface area contributed by atoms with Gasteiger partial charge in [0.1, 0.15) is 10.8 Å². The van der Waals surface area contributed by atoms with E-state index in [0.29, 0.717) is 18.9 Å². The number of hydrogen-bond acceptors (Lipinski definition) is 5. The molecule has 1 atom stereocenters. The first-order valence-corrected chi connectivity index (χ1v) is 7.81. The lowest BCUT2D eigenvalue weighted by atomic mass is 9.99.